The van der Waals surface area contributed by atoms with Gasteiger partial charge in [-0.25, -0.2) is 4.57 Å². The van der Waals surface area contributed by atoms with Crippen molar-refractivity contribution in [3.05, 3.63) is 0 Å². The van der Waals surface area contributed by atoms with Crippen LogP contribution in [0.15, 0.2) is 0 Å². The topological polar surface area (TPSA) is 131 Å². The highest BCUT2D eigenvalue weighted by Gasteiger charge is 2.27. The normalized spacial score (nSPS) is 14.0. The van der Waals surface area contributed by atoms with Crippen LogP contribution in [0.2, 0.25) is 0 Å². The van der Waals surface area contributed by atoms with E-state index in [1.54, 1.807) is 0 Å². The average molecular weight is 761 g/mol. The summed E-state index contributed by atoms with van der Waals surface area (Å²) in [4.78, 5) is 22.7. The fourth-order valence-corrected chi connectivity index (χ4v) is 7.78. The first-order valence-corrected chi connectivity index (χ1v) is 24.1. The molecular weight excluding hydrogens is 671 g/mol. The zero-order valence-electron chi connectivity index (χ0n) is 34.6. The van der Waals surface area contributed by atoms with Gasteiger partial charge in [-0.15, -0.1) is 0 Å². The SMILES string of the molecule is CCCCCCCCCCCCCCCCCCCCCCCC(=O)NC(COP(=O)(O)OCCN)C(O)CCCCCCCCCCCCCC. The number of carbonyl (C=O) groups is 1. The van der Waals surface area contributed by atoms with Crippen molar-refractivity contribution < 1.29 is 28.4 Å². The van der Waals surface area contributed by atoms with Crippen LogP contribution in [0.1, 0.15) is 239 Å². The Morgan fingerprint density at radius 2 is 0.885 bits per heavy atom. The number of aliphatic hydroxyl groups is 1. The molecule has 9 heteroatoms. The Morgan fingerprint density at radius 1 is 0.558 bits per heavy atom. The lowest BCUT2D eigenvalue weighted by molar-refractivity contribution is -0.123. The summed E-state index contributed by atoms with van der Waals surface area (Å²) in [6, 6.07) is -0.767. The molecule has 0 heterocycles. The lowest BCUT2D eigenvalue weighted by Gasteiger charge is -2.25. The molecule has 0 aliphatic heterocycles. The molecular formula is C43H89N2O6P. The molecule has 0 aromatic heterocycles. The predicted molar refractivity (Wildman–Crippen MR) is 222 cm³/mol. The second kappa shape index (κ2) is 40.2. The molecule has 0 fully saturated rings. The van der Waals surface area contributed by atoms with Crippen LogP contribution in [0.25, 0.3) is 0 Å². The fraction of sp³-hybridized carbons (Fsp3) is 0.977. The Balaban J connectivity index is 4.02. The van der Waals surface area contributed by atoms with Crippen LogP contribution in [0.3, 0.4) is 0 Å². The number of nitrogens with one attached hydrogen (secondary N) is 1. The lowest BCUT2D eigenvalue weighted by Crippen LogP contribution is -2.46. The van der Waals surface area contributed by atoms with E-state index in [1.165, 1.54) is 173 Å². The van der Waals surface area contributed by atoms with Crippen molar-refractivity contribution in [1.29, 1.82) is 0 Å². The van der Waals surface area contributed by atoms with Crippen LogP contribution in [-0.4, -0.2) is 47.8 Å². The lowest BCUT2D eigenvalue weighted by atomic mass is 10.0. The Kier molecular flexibility index (Phi) is 39.8. The summed E-state index contributed by atoms with van der Waals surface area (Å²) >= 11 is 0. The van der Waals surface area contributed by atoms with E-state index in [-0.39, 0.29) is 25.7 Å². The third-order valence-electron chi connectivity index (χ3n) is 10.5. The first-order valence-electron chi connectivity index (χ1n) is 22.7. The predicted octanol–water partition coefficient (Wildman–Crippen LogP) is 12.6. The van der Waals surface area contributed by atoms with Gasteiger partial charge in [-0.2, -0.15) is 0 Å². The van der Waals surface area contributed by atoms with E-state index in [0.29, 0.717) is 12.8 Å². The number of carbonyl (C=O) groups excluding carboxylic acids is 1. The van der Waals surface area contributed by atoms with E-state index in [1.807, 2.05) is 0 Å². The molecule has 0 spiro atoms. The number of amides is 1. The maximum atomic E-state index is 12.8. The molecule has 8 nitrogen and oxygen atoms in total. The van der Waals surface area contributed by atoms with Gasteiger partial charge in [-0.05, 0) is 12.8 Å². The van der Waals surface area contributed by atoms with Gasteiger partial charge in [-0.1, -0.05) is 219 Å². The molecule has 312 valence electrons. The Hall–Kier alpha value is -0.500. The maximum Gasteiger partial charge on any atom is 0.472 e. The van der Waals surface area contributed by atoms with Crippen molar-refractivity contribution in [3.8, 4) is 0 Å². The summed E-state index contributed by atoms with van der Waals surface area (Å²) < 4.78 is 22.2. The van der Waals surface area contributed by atoms with Gasteiger partial charge in [-0.3, -0.25) is 13.8 Å². The van der Waals surface area contributed by atoms with E-state index in [4.69, 9.17) is 14.8 Å². The molecule has 3 atom stereocenters. The summed E-state index contributed by atoms with van der Waals surface area (Å²) in [6.45, 7) is 4.23. The quantitative estimate of drug-likeness (QED) is 0.0359. The largest absolute Gasteiger partial charge is 0.472 e. The number of nitrogens with two attached hydrogens (primary N) is 1. The monoisotopic (exact) mass is 761 g/mol. The first-order chi connectivity index (χ1) is 25.4. The molecule has 52 heavy (non-hydrogen) atoms. The number of unbranched alkanes of at least 4 members (excludes halogenated alkanes) is 31. The summed E-state index contributed by atoms with van der Waals surface area (Å²) in [7, 11) is -4.31. The first kappa shape index (κ1) is 51.5. The van der Waals surface area contributed by atoms with Gasteiger partial charge in [0.25, 0.3) is 0 Å². The van der Waals surface area contributed by atoms with E-state index in [0.717, 1.165) is 38.5 Å². The third kappa shape index (κ3) is 37.8. The standard InChI is InChI=1S/C43H89N2O6P/c1-3-5-7-9-11-13-15-17-18-19-20-21-22-23-24-25-27-29-31-33-35-37-43(47)45-41(40-51-52(48,49)50-39-38-44)42(46)36-34-32-30-28-26-16-14-12-10-8-6-4-2/h41-42,46H,3-40,44H2,1-2H3,(H,45,47)(H,48,49). The number of hydrogen-bond acceptors (Lipinski definition) is 6. The van der Waals surface area contributed by atoms with Crippen LogP contribution < -0.4 is 11.1 Å². The molecule has 0 aromatic carbocycles. The van der Waals surface area contributed by atoms with Crippen molar-refractivity contribution in [2.75, 3.05) is 19.8 Å². The maximum absolute atomic E-state index is 12.8. The molecule has 0 aromatic rings. The smallest absolute Gasteiger partial charge is 0.391 e. The highest BCUT2D eigenvalue weighted by atomic mass is 31.2. The number of hydrogen-bond donors (Lipinski definition) is 4. The number of phosphoric ester groups is 1. The molecule has 0 saturated carbocycles. The molecule has 0 aliphatic rings. The van der Waals surface area contributed by atoms with Crippen LogP contribution >= 0.6 is 7.82 Å². The number of phosphoric acid groups is 1. The van der Waals surface area contributed by atoms with E-state index in [2.05, 4.69) is 19.2 Å². The van der Waals surface area contributed by atoms with E-state index in [9.17, 15) is 19.4 Å². The molecule has 0 rings (SSSR count). The molecule has 5 N–H and O–H groups in total. The summed E-state index contributed by atoms with van der Waals surface area (Å²) in [5.41, 5.74) is 5.38. The minimum atomic E-state index is -4.31. The summed E-state index contributed by atoms with van der Waals surface area (Å²) in [6.07, 6.45) is 42.6. The van der Waals surface area contributed by atoms with Gasteiger partial charge in [0, 0.05) is 13.0 Å². The molecule has 0 saturated heterocycles. The second-order valence-electron chi connectivity index (χ2n) is 15.6. The van der Waals surface area contributed by atoms with Crippen molar-refractivity contribution >= 4 is 13.7 Å². The highest BCUT2D eigenvalue weighted by Crippen LogP contribution is 2.43. The zero-order valence-corrected chi connectivity index (χ0v) is 35.5. The van der Waals surface area contributed by atoms with Gasteiger partial charge < -0.3 is 21.1 Å². The summed E-state index contributed by atoms with van der Waals surface area (Å²) in [5, 5.41) is 13.8. The zero-order chi connectivity index (χ0) is 38.2. The van der Waals surface area contributed by atoms with Gasteiger partial charge in [0.05, 0.1) is 25.4 Å². The third-order valence-corrected chi connectivity index (χ3v) is 11.4. The molecule has 0 aliphatic carbocycles. The van der Waals surface area contributed by atoms with Crippen molar-refractivity contribution in [1.82, 2.24) is 5.32 Å². The van der Waals surface area contributed by atoms with Crippen molar-refractivity contribution in [2.45, 2.75) is 251 Å². The molecule has 1 amide bonds. The molecule has 3 unspecified atom stereocenters. The van der Waals surface area contributed by atoms with Crippen LogP contribution in [0.5, 0.6) is 0 Å². The molecule has 0 radical (unpaired) electrons. The number of aliphatic hydroxyl groups excluding tert-OH is 1. The van der Waals surface area contributed by atoms with Crippen molar-refractivity contribution in [3.63, 3.8) is 0 Å². The van der Waals surface area contributed by atoms with Crippen molar-refractivity contribution in [2.24, 2.45) is 5.73 Å². The molecule has 0 bridgehead atoms. The average Bonchev–Trinajstić information content (AvgIpc) is 3.13. The van der Waals surface area contributed by atoms with Gasteiger partial charge >= 0.3 is 7.82 Å². The Labute approximate surface area is 322 Å². The fourth-order valence-electron chi connectivity index (χ4n) is 7.02. The van der Waals surface area contributed by atoms with Gasteiger partial charge in [0.15, 0.2) is 0 Å². The summed E-state index contributed by atoms with van der Waals surface area (Å²) in [5.74, 6) is -0.157. The van der Waals surface area contributed by atoms with Gasteiger partial charge in [0.2, 0.25) is 5.91 Å². The Morgan fingerprint density at radius 3 is 1.23 bits per heavy atom. The Bertz CT molecular complexity index is 789. The van der Waals surface area contributed by atoms with Crippen LogP contribution in [-0.2, 0) is 18.4 Å². The van der Waals surface area contributed by atoms with Gasteiger partial charge in [0.1, 0.15) is 0 Å². The van der Waals surface area contributed by atoms with E-state index >= 15 is 0 Å². The minimum absolute atomic E-state index is 0.0924. The van der Waals surface area contributed by atoms with Crippen LogP contribution in [0.4, 0.5) is 0 Å². The number of rotatable bonds is 43. The second-order valence-corrected chi connectivity index (χ2v) is 17.1. The van der Waals surface area contributed by atoms with Crippen LogP contribution in [0, 0.1) is 0 Å². The van der Waals surface area contributed by atoms with E-state index < -0.39 is 20.0 Å². The minimum Gasteiger partial charge on any atom is -0.391 e. The highest BCUT2D eigenvalue weighted by molar-refractivity contribution is 7.47.